The first-order chi connectivity index (χ1) is 5.55. The molecule has 70 valence electrons. The summed E-state index contributed by atoms with van der Waals surface area (Å²) in [5, 5.41) is 0. The monoisotopic (exact) mass is 168 g/mol. The van der Waals surface area contributed by atoms with Gasteiger partial charge >= 0.3 is 0 Å². The molecule has 0 radical (unpaired) electrons. The van der Waals surface area contributed by atoms with Crippen LogP contribution in [-0.2, 0) is 4.79 Å². The molecule has 1 aliphatic carbocycles. The molecule has 1 rings (SSSR count). The Morgan fingerprint density at radius 3 is 2.58 bits per heavy atom. The molecule has 1 aliphatic rings. The van der Waals surface area contributed by atoms with Gasteiger partial charge in [0, 0.05) is 11.8 Å². The van der Waals surface area contributed by atoms with E-state index in [1.807, 2.05) is 0 Å². The molecule has 0 bridgehead atoms. The topological polar surface area (TPSA) is 17.1 Å². The van der Waals surface area contributed by atoms with Crippen molar-refractivity contribution in [2.45, 2.75) is 52.9 Å². The van der Waals surface area contributed by atoms with Crippen LogP contribution < -0.4 is 0 Å². The summed E-state index contributed by atoms with van der Waals surface area (Å²) in [6.45, 7) is 6.42. The van der Waals surface area contributed by atoms with E-state index < -0.39 is 0 Å². The molecule has 0 aromatic carbocycles. The first-order valence-corrected chi connectivity index (χ1v) is 5.08. The summed E-state index contributed by atoms with van der Waals surface area (Å²) in [5.74, 6) is 1.03. The fourth-order valence-corrected chi connectivity index (χ4v) is 1.87. The van der Waals surface area contributed by atoms with Crippen molar-refractivity contribution in [3.05, 3.63) is 0 Å². The van der Waals surface area contributed by atoms with Gasteiger partial charge in [0.25, 0.3) is 0 Å². The predicted molar refractivity (Wildman–Crippen MR) is 51.0 cm³/mol. The number of carbonyl (C=O) groups is 1. The molecule has 0 saturated heterocycles. The van der Waals surface area contributed by atoms with E-state index in [1.54, 1.807) is 0 Å². The van der Waals surface area contributed by atoms with Gasteiger partial charge in [0.2, 0.25) is 0 Å². The van der Waals surface area contributed by atoms with Crippen LogP contribution in [0, 0.1) is 11.3 Å². The molecule has 12 heavy (non-hydrogen) atoms. The van der Waals surface area contributed by atoms with E-state index in [0.717, 1.165) is 12.8 Å². The van der Waals surface area contributed by atoms with Crippen LogP contribution in [0.25, 0.3) is 0 Å². The average molecular weight is 168 g/mol. The molecule has 1 fully saturated rings. The molecule has 0 N–H and O–H groups in total. The Balaban J connectivity index is 2.69. The van der Waals surface area contributed by atoms with Crippen molar-refractivity contribution in [3.8, 4) is 0 Å². The predicted octanol–water partition coefficient (Wildman–Crippen LogP) is 3.18. The Morgan fingerprint density at radius 1 is 1.25 bits per heavy atom. The van der Waals surface area contributed by atoms with Crippen molar-refractivity contribution < 1.29 is 4.79 Å². The van der Waals surface area contributed by atoms with Crippen LogP contribution >= 0.6 is 0 Å². The number of rotatable bonds is 0. The molecule has 0 aromatic heterocycles. The lowest BCUT2D eigenvalue weighted by Crippen LogP contribution is -2.32. The van der Waals surface area contributed by atoms with Crippen molar-refractivity contribution in [2.24, 2.45) is 11.3 Å². The van der Waals surface area contributed by atoms with Crippen molar-refractivity contribution in [3.63, 3.8) is 0 Å². The van der Waals surface area contributed by atoms with Crippen molar-refractivity contribution in [1.82, 2.24) is 0 Å². The first kappa shape index (κ1) is 9.76. The minimum Gasteiger partial charge on any atom is -0.299 e. The van der Waals surface area contributed by atoms with Crippen LogP contribution in [0.4, 0.5) is 0 Å². The first-order valence-electron chi connectivity index (χ1n) is 5.08. The lowest BCUT2D eigenvalue weighted by molar-refractivity contribution is -0.130. The molecule has 1 nitrogen and oxygen atoms in total. The third-order valence-electron chi connectivity index (χ3n) is 3.49. The van der Waals surface area contributed by atoms with Crippen LogP contribution in [-0.4, -0.2) is 5.78 Å². The van der Waals surface area contributed by atoms with Gasteiger partial charge in [-0.05, 0) is 18.8 Å². The van der Waals surface area contributed by atoms with Gasteiger partial charge in [-0.2, -0.15) is 0 Å². The fourth-order valence-electron chi connectivity index (χ4n) is 1.87. The van der Waals surface area contributed by atoms with E-state index in [4.69, 9.17) is 0 Å². The van der Waals surface area contributed by atoms with Crippen LogP contribution in [0.5, 0.6) is 0 Å². The molecule has 0 amide bonds. The molecule has 1 atom stereocenters. The lowest BCUT2D eigenvalue weighted by Gasteiger charge is -2.32. The minimum atomic E-state index is -0.0690. The third kappa shape index (κ3) is 1.88. The van der Waals surface area contributed by atoms with E-state index in [0.29, 0.717) is 11.7 Å². The van der Waals surface area contributed by atoms with E-state index >= 15 is 0 Å². The molecule has 1 heteroatoms. The van der Waals surface area contributed by atoms with E-state index in [-0.39, 0.29) is 5.41 Å². The van der Waals surface area contributed by atoms with Crippen LogP contribution in [0.2, 0.25) is 0 Å². The summed E-state index contributed by atoms with van der Waals surface area (Å²) in [6.07, 6.45) is 5.68. The van der Waals surface area contributed by atoms with Gasteiger partial charge in [-0.15, -0.1) is 0 Å². The van der Waals surface area contributed by atoms with Crippen LogP contribution in [0.3, 0.4) is 0 Å². The molecule has 0 heterocycles. The summed E-state index contributed by atoms with van der Waals surface area (Å²) in [6, 6.07) is 0. The minimum absolute atomic E-state index is 0.0690. The second-order valence-electron chi connectivity index (χ2n) is 4.65. The largest absolute Gasteiger partial charge is 0.299 e. The quantitative estimate of drug-likeness (QED) is 0.543. The van der Waals surface area contributed by atoms with Crippen molar-refractivity contribution >= 4 is 5.78 Å². The maximum absolute atomic E-state index is 11.7. The molecular weight excluding hydrogens is 148 g/mol. The molecular formula is C11H20O. The van der Waals surface area contributed by atoms with Crippen LogP contribution in [0.15, 0.2) is 0 Å². The Hall–Kier alpha value is -0.330. The van der Waals surface area contributed by atoms with Crippen molar-refractivity contribution in [1.29, 1.82) is 0 Å². The molecule has 0 aliphatic heterocycles. The summed E-state index contributed by atoms with van der Waals surface area (Å²) >= 11 is 0. The molecule has 0 aromatic rings. The third-order valence-corrected chi connectivity index (χ3v) is 3.49. The fraction of sp³-hybridized carbons (Fsp3) is 0.909. The smallest absolute Gasteiger partial charge is 0.138 e. The van der Waals surface area contributed by atoms with E-state index in [2.05, 4.69) is 20.8 Å². The molecule has 0 spiro atoms. The van der Waals surface area contributed by atoms with E-state index in [9.17, 15) is 4.79 Å². The molecule has 1 unspecified atom stereocenters. The van der Waals surface area contributed by atoms with Gasteiger partial charge in [0.05, 0.1) is 0 Å². The number of hydrogen-bond acceptors (Lipinski definition) is 1. The Morgan fingerprint density at radius 2 is 1.92 bits per heavy atom. The zero-order valence-electron chi connectivity index (χ0n) is 8.52. The summed E-state index contributed by atoms with van der Waals surface area (Å²) in [4.78, 5) is 11.7. The Bertz CT molecular complexity index is 170. The second kappa shape index (κ2) is 3.59. The maximum Gasteiger partial charge on any atom is 0.138 e. The number of Topliss-reactive ketones (excluding diaryl/α,β-unsaturated/α-hetero) is 1. The van der Waals surface area contributed by atoms with Crippen molar-refractivity contribution in [2.75, 3.05) is 0 Å². The van der Waals surface area contributed by atoms with Gasteiger partial charge in [0.1, 0.15) is 5.78 Å². The zero-order chi connectivity index (χ0) is 9.19. The Kier molecular flexibility index (Phi) is 2.92. The van der Waals surface area contributed by atoms with Gasteiger partial charge in [0.15, 0.2) is 0 Å². The van der Waals surface area contributed by atoms with E-state index in [1.165, 1.54) is 19.3 Å². The summed E-state index contributed by atoms with van der Waals surface area (Å²) < 4.78 is 0. The normalized spacial score (nSPS) is 30.9. The number of hydrogen-bond donors (Lipinski definition) is 0. The van der Waals surface area contributed by atoms with Gasteiger partial charge < -0.3 is 0 Å². The van der Waals surface area contributed by atoms with Gasteiger partial charge in [-0.25, -0.2) is 0 Å². The lowest BCUT2D eigenvalue weighted by atomic mass is 9.71. The van der Waals surface area contributed by atoms with Gasteiger partial charge in [-0.3, -0.25) is 4.79 Å². The summed E-state index contributed by atoms with van der Waals surface area (Å²) in [5.41, 5.74) is -0.0690. The highest BCUT2D eigenvalue weighted by atomic mass is 16.1. The molecule has 1 saturated carbocycles. The average Bonchev–Trinajstić information content (AvgIpc) is 2.01. The maximum atomic E-state index is 11.7. The van der Waals surface area contributed by atoms with Crippen LogP contribution in [0.1, 0.15) is 52.9 Å². The Labute approximate surface area is 75.5 Å². The zero-order valence-corrected chi connectivity index (χ0v) is 8.52. The standard InChI is InChI=1S/C11H20O/c1-9-7-5-4-6-8-10(12)11(9,2)3/h9H,4-8H2,1-3H3. The number of carbonyl (C=O) groups excluding carboxylic acids is 1. The second-order valence-corrected chi connectivity index (χ2v) is 4.65. The highest BCUT2D eigenvalue weighted by molar-refractivity contribution is 5.84. The highest BCUT2D eigenvalue weighted by Crippen LogP contribution is 2.35. The number of ketones is 1. The van der Waals surface area contributed by atoms with Gasteiger partial charge in [-0.1, -0.05) is 33.6 Å². The SMILES string of the molecule is CC1CCCCCC(=O)C1(C)C. The summed E-state index contributed by atoms with van der Waals surface area (Å²) in [7, 11) is 0. The highest BCUT2D eigenvalue weighted by Gasteiger charge is 2.33.